The van der Waals surface area contributed by atoms with Crippen LogP contribution in [-0.4, -0.2) is 16.5 Å². The van der Waals surface area contributed by atoms with Gasteiger partial charge in [0.2, 0.25) is 0 Å². The smallest absolute Gasteiger partial charge is 0.180 e. The Bertz CT molecular complexity index is 674. The molecule has 0 aliphatic heterocycles. The molecule has 0 atom stereocenters. The molecule has 0 saturated heterocycles. The van der Waals surface area contributed by atoms with Gasteiger partial charge in [-0.3, -0.25) is 0 Å². The van der Waals surface area contributed by atoms with Gasteiger partial charge >= 0.3 is 0 Å². The maximum Gasteiger partial charge on any atom is 0.180 e. The van der Waals surface area contributed by atoms with E-state index in [0.29, 0.717) is 0 Å². The minimum absolute atomic E-state index is 0.786. The fourth-order valence-electron chi connectivity index (χ4n) is 1.72. The summed E-state index contributed by atoms with van der Waals surface area (Å²) in [7, 11) is 1.66. The first-order valence-electron chi connectivity index (χ1n) is 5.05. The topological polar surface area (TPSA) is 26.5 Å². The third kappa shape index (κ3) is 1.85. The molecule has 0 N–H and O–H groups in total. The van der Waals surface area contributed by atoms with Crippen LogP contribution in [0.1, 0.15) is 0 Å². The van der Waals surface area contributed by atoms with E-state index in [1.807, 2.05) is 35.0 Å². The normalized spacial score (nSPS) is 10.9. The molecule has 3 aromatic heterocycles. The highest BCUT2D eigenvalue weighted by atomic mass is 79.9. The van der Waals surface area contributed by atoms with Crippen LogP contribution < -0.4 is 4.74 Å². The Kier molecular flexibility index (Phi) is 2.64. The van der Waals surface area contributed by atoms with Crippen molar-refractivity contribution in [1.82, 2.24) is 9.38 Å². The van der Waals surface area contributed by atoms with Crippen LogP contribution in [0.4, 0.5) is 0 Å². The molecule has 17 heavy (non-hydrogen) atoms. The average molecular weight is 309 g/mol. The first-order chi connectivity index (χ1) is 8.28. The molecule has 5 heteroatoms. The average Bonchev–Trinajstić information content (AvgIpc) is 2.93. The van der Waals surface area contributed by atoms with Gasteiger partial charge in [0.05, 0.1) is 21.5 Å². The van der Waals surface area contributed by atoms with Crippen LogP contribution in [0.2, 0.25) is 0 Å². The van der Waals surface area contributed by atoms with Gasteiger partial charge in [0.25, 0.3) is 0 Å². The van der Waals surface area contributed by atoms with E-state index in [1.165, 1.54) is 0 Å². The molecule has 3 aromatic rings. The fourth-order valence-corrected chi connectivity index (χ4v) is 3.06. The quantitative estimate of drug-likeness (QED) is 0.719. The van der Waals surface area contributed by atoms with Crippen molar-refractivity contribution in [3.63, 3.8) is 0 Å². The van der Waals surface area contributed by atoms with Crippen molar-refractivity contribution < 1.29 is 4.74 Å². The Morgan fingerprint density at radius 2 is 2.24 bits per heavy atom. The van der Waals surface area contributed by atoms with Crippen LogP contribution in [0.5, 0.6) is 5.75 Å². The summed E-state index contributed by atoms with van der Waals surface area (Å²) < 4.78 is 8.37. The third-order valence-electron chi connectivity index (χ3n) is 2.49. The lowest BCUT2D eigenvalue weighted by Crippen LogP contribution is -1.88. The maximum absolute atomic E-state index is 5.29. The van der Waals surface area contributed by atoms with E-state index in [-0.39, 0.29) is 0 Å². The summed E-state index contributed by atoms with van der Waals surface area (Å²) in [5.41, 5.74) is 1.81. The molecule has 0 radical (unpaired) electrons. The number of ether oxygens (including phenoxy) is 1. The molecule has 0 aliphatic rings. The van der Waals surface area contributed by atoms with E-state index in [9.17, 15) is 0 Å². The van der Waals surface area contributed by atoms with Crippen LogP contribution in [0.3, 0.4) is 0 Å². The second-order valence-electron chi connectivity index (χ2n) is 3.54. The van der Waals surface area contributed by atoms with Gasteiger partial charge in [0.15, 0.2) is 11.4 Å². The van der Waals surface area contributed by atoms with Crippen LogP contribution in [0, 0.1) is 0 Å². The minimum Gasteiger partial charge on any atom is -0.493 e. The van der Waals surface area contributed by atoms with Crippen LogP contribution in [-0.2, 0) is 0 Å². The SMILES string of the molecule is COc1cccn2cc(-c3ccc(Br)s3)nc12. The van der Waals surface area contributed by atoms with Crippen molar-refractivity contribution in [2.75, 3.05) is 7.11 Å². The van der Waals surface area contributed by atoms with Crippen LogP contribution >= 0.6 is 27.3 Å². The van der Waals surface area contributed by atoms with E-state index in [0.717, 1.165) is 25.8 Å². The van der Waals surface area contributed by atoms with Crippen molar-refractivity contribution in [3.8, 4) is 16.3 Å². The molecule has 0 aliphatic carbocycles. The van der Waals surface area contributed by atoms with E-state index in [2.05, 4.69) is 27.0 Å². The molecule has 3 rings (SSSR count). The summed E-state index contributed by atoms with van der Waals surface area (Å²) in [6, 6.07) is 7.95. The number of halogens is 1. The lowest BCUT2D eigenvalue weighted by Gasteiger charge is -1.99. The molecular formula is C12H9BrN2OS. The molecule has 0 aromatic carbocycles. The number of nitrogens with zero attached hydrogens (tertiary/aromatic N) is 2. The zero-order chi connectivity index (χ0) is 11.8. The Hall–Kier alpha value is -1.33. The van der Waals surface area contributed by atoms with Crippen LogP contribution in [0.15, 0.2) is 40.4 Å². The largest absolute Gasteiger partial charge is 0.493 e. The first-order valence-corrected chi connectivity index (χ1v) is 6.66. The number of aromatic nitrogens is 2. The number of rotatable bonds is 2. The number of pyridine rings is 1. The van der Waals surface area contributed by atoms with Gasteiger partial charge in [-0.2, -0.15) is 0 Å². The summed E-state index contributed by atoms with van der Waals surface area (Å²) >= 11 is 5.13. The van der Waals surface area contributed by atoms with Gasteiger partial charge < -0.3 is 9.14 Å². The van der Waals surface area contributed by atoms with E-state index >= 15 is 0 Å². The predicted molar refractivity (Wildman–Crippen MR) is 72.8 cm³/mol. The molecule has 86 valence electrons. The van der Waals surface area contributed by atoms with Crippen molar-refractivity contribution in [2.45, 2.75) is 0 Å². The number of imidazole rings is 1. The highest BCUT2D eigenvalue weighted by molar-refractivity contribution is 9.11. The molecule has 0 unspecified atom stereocenters. The van der Waals surface area contributed by atoms with Crippen molar-refractivity contribution in [3.05, 3.63) is 40.4 Å². The Morgan fingerprint density at radius 1 is 1.35 bits per heavy atom. The molecular weight excluding hydrogens is 300 g/mol. The number of fused-ring (bicyclic) bond motifs is 1. The monoisotopic (exact) mass is 308 g/mol. The summed E-state index contributed by atoms with van der Waals surface area (Å²) in [6.45, 7) is 0. The van der Waals surface area contributed by atoms with Gasteiger partial charge in [-0.05, 0) is 40.2 Å². The third-order valence-corrected chi connectivity index (χ3v) is 4.14. The minimum atomic E-state index is 0.786. The summed E-state index contributed by atoms with van der Waals surface area (Å²) in [6.07, 6.45) is 3.98. The summed E-state index contributed by atoms with van der Waals surface area (Å²) in [4.78, 5) is 5.74. The highest BCUT2D eigenvalue weighted by Crippen LogP contribution is 2.31. The standard InChI is InChI=1S/C12H9BrN2OS/c1-16-9-3-2-6-15-7-8(14-12(9)15)10-4-5-11(13)17-10/h2-7H,1H3. The fraction of sp³-hybridized carbons (Fsp3) is 0.0833. The Labute approximate surface area is 111 Å². The molecule has 0 bridgehead atoms. The highest BCUT2D eigenvalue weighted by Gasteiger charge is 2.09. The molecule has 0 saturated carbocycles. The second-order valence-corrected chi connectivity index (χ2v) is 6.00. The zero-order valence-corrected chi connectivity index (χ0v) is 11.5. The van der Waals surface area contributed by atoms with Crippen molar-refractivity contribution >= 4 is 32.9 Å². The van der Waals surface area contributed by atoms with E-state index in [4.69, 9.17) is 4.74 Å². The van der Waals surface area contributed by atoms with Crippen molar-refractivity contribution in [2.24, 2.45) is 0 Å². The lowest BCUT2D eigenvalue weighted by molar-refractivity contribution is 0.417. The maximum atomic E-state index is 5.29. The molecule has 3 heterocycles. The lowest BCUT2D eigenvalue weighted by atomic mass is 10.4. The van der Waals surface area contributed by atoms with E-state index < -0.39 is 0 Å². The molecule has 3 nitrogen and oxygen atoms in total. The zero-order valence-electron chi connectivity index (χ0n) is 9.05. The number of thiophene rings is 1. The van der Waals surface area contributed by atoms with Gasteiger partial charge in [0.1, 0.15) is 0 Å². The summed E-state index contributed by atoms with van der Waals surface area (Å²) in [5.74, 6) is 0.786. The number of methoxy groups -OCH3 is 1. The Morgan fingerprint density at radius 3 is 2.94 bits per heavy atom. The first kappa shape index (κ1) is 10.8. The predicted octanol–water partition coefficient (Wildman–Crippen LogP) is 3.83. The van der Waals surface area contributed by atoms with Gasteiger partial charge in [-0.1, -0.05) is 0 Å². The molecule has 0 amide bonds. The Balaban J connectivity index is 2.19. The number of hydrogen-bond acceptors (Lipinski definition) is 3. The van der Waals surface area contributed by atoms with Gasteiger partial charge in [0, 0.05) is 12.4 Å². The van der Waals surface area contributed by atoms with Crippen LogP contribution in [0.25, 0.3) is 16.2 Å². The molecule has 0 fully saturated rings. The van der Waals surface area contributed by atoms with Crippen molar-refractivity contribution in [1.29, 1.82) is 0 Å². The second kappa shape index (κ2) is 4.16. The molecule has 0 spiro atoms. The van der Waals surface area contributed by atoms with Gasteiger partial charge in [-0.25, -0.2) is 4.98 Å². The van der Waals surface area contributed by atoms with Gasteiger partial charge in [-0.15, -0.1) is 11.3 Å². The van der Waals surface area contributed by atoms with E-state index in [1.54, 1.807) is 18.4 Å². The summed E-state index contributed by atoms with van der Waals surface area (Å²) in [5, 5.41) is 0. The number of hydrogen-bond donors (Lipinski definition) is 0.